The zero-order valence-electron chi connectivity index (χ0n) is 16.6. The summed E-state index contributed by atoms with van der Waals surface area (Å²) in [5.74, 6) is -6.52. The van der Waals surface area contributed by atoms with Crippen molar-refractivity contribution in [3.63, 3.8) is 0 Å². The van der Waals surface area contributed by atoms with Gasteiger partial charge in [0, 0.05) is 42.6 Å². The summed E-state index contributed by atoms with van der Waals surface area (Å²) in [7, 11) is -4.94. The summed E-state index contributed by atoms with van der Waals surface area (Å²) in [6.07, 6.45) is 3.57. The van der Waals surface area contributed by atoms with Gasteiger partial charge in [-0.3, -0.25) is 0 Å². The van der Waals surface area contributed by atoms with Gasteiger partial charge in [-0.05, 0) is 20.8 Å². The molecule has 3 aliphatic rings. The first-order valence-electron chi connectivity index (χ1n) is 8.64. The van der Waals surface area contributed by atoms with Crippen molar-refractivity contribution < 1.29 is 66.5 Å². The molecule has 0 spiro atoms. The van der Waals surface area contributed by atoms with Crippen LogP contribution in [0.1, 0.15) is 37.8 Å². The third kappa shape index (κ3) is 6.23. The average Bonchev–Trinajstić information content (AvgIpc) is 2.63. The monoisotopic (exact) mass is 638 g/mol. The largest absolute Gasteiger partial charge is 0.222 e. The van der Waals surface area contributed by atoms with Gasteiger partial charge >= 0.3 is 0 Å². The zero-order chi connectivity index (χ0) is 22.9. The van der Waals surface area contributed by atoms with E-state index in [4.69, 9.17) is 18.6 Å². The fourth-order valence-electron chi connectivity index (χ4n) is 3.94. The number of benzene rings is 2. The second-order valence-corrected chi connectivity index (χ2v) is 7.83. The molecule has 0 N–H and O–H groups in total. The van der Waals surface area contributed by atoms with Gasteiger partial charge in [-0.15, -0.1) is 10.2 Å². The maximum Gasteiger partial charge on any atom is 0.197 e. The van der Waals surface area contributed by atoms with Crippen LogP contribution in [0.4, 0.5) is 17.6 Å². The average molecular weight is 638 g/mol. The van der Waals surface area contributed by atoms with Gasteiger partial charge in [-0.2, -0.15) is 0 Å². The summed E-state index contributed by atoms with van der Waals surface area (Å²) in [6.45, 7) is 5.26. The van der Waals surface area contributed by atoms with Crippen molar-refractivity contribution in [3.8, 4) is 0 Å². The molecule has 0 amide bonds. The van der Waals surface area contributed by atoms with Crippen LogP contribution in [0.5, 0.6) is 0 Å². The molecule has 0 heterocycles. The van der Waals surface area contributed by atoms with Gasteiger partial charge in [0.25, 0.3) is 0 Å². The first-order chi connectivity index (χ1) is 13.8. The van der Waals surface area contributed by atoms with Gasteiger partial charge in [0.2, 0.25) is 0 Å². The van der Waals surface area contributed by atoms with Crippen molar-refractivity contribution >= 4 is 0 Å². The minimum absolute atomic E-state index is 0. The van der Waals surface area contributed by atoms with Crippen LogP contribution in [0.25, 0.3) is 0 Å². The number of hydrogen-bond acceptors (Lipinski definition) is 4. The molecule has 5 rings (SSSR count). The van der Waals surface area contributed by atoms with Gasteiger partial charge in [0.15, 0.2) is 23.3 Å². The Kier molecular flexibility index (Phi) is 9.17. The maximum atomic E-state index is 14.1. The van der Waals surface area contributed by atoms with E-state index in [0.717, 1.165) is 11.1 Å². The van der Waals surface area contributed by atoms with Crippen LogP contribution in [0.3, 0.4) is 0 Å². The molecular weight excluding hydrogens is 620 g/mol. The van der Waals surface area contributed by atoms with Crippen LogP contribution in [-0.4, -0.2) is 0 Å². The Balaban J connectivity index is 0.000000332. The topological polar surface area (TPSA) is 92.2 Å². The second-order valence-electron chi connectivity index (χ2n) is 7.07. The fourth-order valence-corrected chi connectivity index (χ4v) is 3.94. The Bertz CT molecular complexity index is 939. The van der Waals surface area contributed by atoms with E-state index in [9.17, 15) is 17.6 Å². The van der Waals surface area contributed by atoms with E-state index < -0.39 is 44.8 Å². The molecular formula is C21H18ClF4IrO4-. The molecule has 0 aromatic heterocycles. The first-order valence-corrected chi connectivity index (χ1v) is 9.88. The van der Waals surface area contributed by atoms with Gasteiger partial charge in [0.05, 0.1) is 0 Å². The summed E-state index contributed by atoms with van der Waals surface area (Å²) in [4.78, 5) is 0. The van der Waals surface area contributed by atoms with E-state index in [1.54, 1.807) is 32.9 Å². The quantitative estimate of drug-likeness (QED) is 0.189. The molecule has 31 heavy (non-hydrogen) atoms. The zero-order valence-corrected chi connectivity index (χ0v) is 19.7. The molecule has 10 heteroatoms. The van der Waals surface area contributed by atoms with Gasteiger partial charge in [0.1, 0.15) is 0 Å². The van der Waals surface area contributed by atoms with E-state index in [-0.39, 0.29) is 31.2 Å². The van der Waals surface area contributed by atoms with Gasteiger partial charge in [-0.25, -0.2) is 36.2 Å². The van der Waals surface area contributed by atoms with Crippen molar-refractivity contribution in [2.24, 2.45) is 0 Å². The van der Waals surface area contributed by atoms with Crippen molar-refractivity contribution in [2.75, 3.05) is 0 Å². The minimum atomic E-state index is -4.94. The van der Waals surface area contributed by atoms with E-state index in [2.05, 4.69) is 0 Å². The van der Waals surface area contributed by atoms with Crippen molar-refractivity contribution in [3.05, 3.63) is 94.1 Å². The normalized spacial score (nSPS) is 20.7. The molecule has 3 aliphatic carbocycles. The third-order valence-corrected chi connectivity index (χ3v) is 4.76. The Morgan fingerprint density at radius 3 is 1.39 bits per heavy atom. The predicted molar refractivity (Wildman–Crippen MR) is 90.3 cm³/mol. The minimum Gasteiger partial charge on any atom is -0.222 e. The molecule has 2 aromatic carbocycles. The van der Waals surface area contributed by atoms with Crippen molar-refractivity contribution in [1.29, 1.82) is 0 Å². The van der Waals surface area contributed by atoms with Crippen LogP contribution in [0.2, 0.25) is 0 Å². The van der Waals surface area contributed by atoms with E-state index >= 15 is 0 Å². The van der Waals surface area contributed by atoms with Crippen molar-refractivity contribution in [2.45, 2.75) is 32.1 Å². The van der Waals surface area contributed by atoms with Crippen LogP contribution in [0, 0.1) is 33.5 Å². The molecule has 4 nitrogen and oxygen atoms in total. The molecule has 2 bridgehead atoms. The van der Waals surface area contributed by atoms with E-state index in [0.29, 0.717) is 0 Å². The Morgan fingerprint density at radius 1 is 0.710 bits per heavy atom. The summed E-state index contributed by atoms with van der Waals surface area (Å²) < 4.78 is 89.0. The van der Waals surface area contributed by atoms with Crippen molar-refractivity contribution in [1.82, 2.24) is 0 Å². The van der Waals surface area contributed by atoms with Crippen LogP contribution >= 0.6 is 0 Å². The Hall–Kier alpha value is -1.58. The molecule has 0 saturated heterocycles. The van der Waals surface area contributed by atoms with E-state index in [1.165, 1.54) is 0 Å². The fraction of sp³-hybridized carbons (Fsp3) is 0.238. The van der Waals surface area contributed by atoms with E-state index in [1.807, 2.05) is 36.4 Å². The first kappa shape index (κ1) is 27.5. The number of halogens is 5. The molecule has 2 aromatic rings. The molecule has 0 unspecified atom stereocenters. The Morgan fingerprint density at radius 2 is 1.03 bits per heavy atom. The maximum absolute atomic E-state index is 14.1. The Labute approximate surface area is 192 Å². The third-order valence-electron chi connectivity index (χ3n) is 4.76. The summed E-state index contributed by atoms with van der Waals surface area (Å²) >= 11 is 0. The molecule has 1 radical (unpaired) electrons. The van der Waals surface area contributed by atoms with Gasteiger partial charge in [-0.1, -0.05) is 59.7 Å². The second kappa shape index (κ2) is 10.4. The standard InChI is InChI=1S/C15H12F4.C6H6.ClHO4.Ir/c1-6-4-15(3)5-7(2)8(6)9-10(15)12(17)14(19)13(18)11(9)16;1-2-4-6-5-3-1;2-1(3,4)5;/h4-5,8H,1-3H3;1-6H;(H,2,3,4,5);/p-1. The van der Waals surface area contributed by atoms with Crippen LogP contribution in [-0.2, 0) is 25.5 Å². The van der Waals surface area contributed by atoms with Crippen LogP contribution in [0.15, 0.2) is 59.7 Å². The number of rotatable bonds is 0. The molecule has 171 valence electrons. The molecule has 0 aliphatic heterocycles. The molecule has 0 saturated carbocycles. The summed E-state index contributed by atoms with van der Waals surface area (Å²) in [5, 5.41) is 0. The smallest absolute Gasteiger partial charge is 0.197 e. The van der Waals surface area contributed by atoms with Crippen LogP contribution < -0.4 is 18.6 Å². The number of hydrogen-bond donors (Lipinski definition) is 0. The molecule has 0 atom stereocenters. The molecule has 0 fully saturated rings. The van der Waals surface area contributed by atoms with Gasteiger partial charge < -0.3 is 0 Å². The SMILES string of the molecule is CC1=CC2(C)C=C(C)C1c1c(F)c(F)c(F)c(F)c12.[Ir].[O-][Cl+3]([O-])([O-])[O-].c1ccccc1. The number of allylic oxidation sites excluding steroid dienone is 4. The summed E-state index contributed by atoms with van der Waals surface area (Å²) in [6, 6.07) is 12.0. The summed E-state index contributed by atoms with van der Waals surface area (Å²) in [5.41, 5.74) is 0.611. The predicted octanol–water partition coefficient (Wildman–Crippen LogP) is 1.43.